The minimum Gasteiger partial charge on any atom is -0.361 e. The fourth-order valence-electron chi connectivity index (χ4n) is 3.03. The maximum atomic E-state index is 12.9. The zero-order valence-corrected chi connectivity index (χ0v) is 19.1. The smallest absolute Gasteiger partial charge is 0.361 e. The Labute approximate surface area is 201 Å². The molecule has 11 nitrogen and oxygen atoms in total. The minimum absolute atomic E-state index is 0.0228. The lowest BCUT2D eigenvalue weighted by Gasteiger charge is -2.07. The van der Waals surface area contributed by atoms with E-state index < -0.39 is 10.8 Å². The first-order valence-corrected chi connectivity index (χ1v) is 10.5. The number of anilines is 1. The molecule has 1 aromatic carbocycles. The summed E-state index contributed by atoms with van der Waals surface area (Å²) in [6, 6.07) is 6.40. The summed E-state index contributed by atoms with van der Waals surface area (Å²) in [6.07, 6.45) is 2.94. The Morgan fingerprint density at radius 1 is 1.09 bits per heavy atom. The molecule has 0 saturated heterocycles. The van der Waals surface area contributed by atoms with Gasteiger partial charge >= 0.3 is 5.82 Å². The highest BCUT2D eigenvalue weighted by molar-refractivity contribution is 6.36. The van der Waals surface area contributed by atoms with Gasteiger partial charge in [0.2, 0.25) is 0 Å². The summed E-state index contributed by atoms with van der Waals surface area (Å²) in [5.41, 5.74) is 1.04. The average Bonchev–Trinajstić information content (AvgIpc) is 3.46. The lowest BCUT2D eigenvalue weighted by Crippen LogP contribution is -2.17. The molecule has 14 heteroatoms. The second-order valence-electron chi connectivity index (χ2n) is 6.87. The van der Waals surface area contributed by atoms with Gasteiger partial charge in [-0.2, -0.15) is 9.78 Å². The number of aryl methyl sites for hydroxylation is 1. The van der Waals surface area contributed by atoms with Crippen LogP contribution >= 0.6 is 34.8 Å². The van der Waals surface area contributed by atoms with Crippen LogP contribution in [0, 0.1) is 17.0 Å². The van der Waals surface area contributed by atoms with Crippen molar-refractivity contribution < 1.29 is 14.2 Å². The van der Waals surface area contributed by atoms with Gasteiger partial charge in [0.15, 0.2) is 11.5 Å². The van der Waals surface area contributed by atoms with E-state index in [-0.39, 0.29) is 35.4 Å². The normalized spacial score (nSPS) is 11.0. The predicted molar refractivity (Wildman–Crippen MR) is 120 cm³/mol. The number of carbonyl (C=O) groups is 1. The van der Waals surface area contributed by atoms with Gasteiger partial charge in [0, 0.05) is 21.8 Å². The topological polar surface area (TPSA) is 134 Å². The van der Waals surface area contributed by atoms with Gasteiger partial charge in [0.05, 0.1) is 36.0 Å². The molecule has 3 heterocycles. The Bertz CT molecular complexity index is 1340. The van der Waals surface area contributed by atoms with Crippen molar-refractivity contribution in [1.82, 2.24) is 24.7 Å². The number of nitrogens with zero attached hydrogens (tertiary/aromatic N) is 6. The van der Waals surface area contributed by atoms with Gasteiger partial charge in [-0.25, -0.2) is 0 Å². The van der Waals surface area contributed by atoms with E-state index in [1.165, 1.54) is 27.8 Å². The van der Waals surface area contributed by atoms with Crippen LogP contribution in [-0.2, 0) is 13.1 Å². The van der Waals surface area contributed by atoms with Gasteiger partial charge in [0.25, 0.3) is 5.91 Å². The minimum atomic E-state index is -0.619. The average molecular weight is 511 g/mol. The highest BCUT2D eigenvalue weighted by atomic mass is 35.5. The molecule has 0 aliphatic heterocycles. The Kier molecular flexibility index (Phi) is 6.36. The van der Waals surface area contributed by atoms with E-state index in [1.807, 2.05) is 0 Å². The lowest BCUT2D eigenvalue weighted by atomic mass is 10.2. The molecule has 0 radical (unpaired) electrons. The fraction of sp³-hybridized carbons (Fsp3) is 0.158. The number of nitro groups is 1. The highest BCUT2D eigenvalue weighted by Crippen LogP contribution is 2.27. The molecule has 0 aliphatic rings. The van der Waals surface area contributed by atoms with Crippen molar-refractivity contribution in [2.75, 3.05) is 5.32 Å². The van der Waals surface area contributed by atoms with Crippen LogP contribution in [0.5, 0.6) is 0 Å². The van der Waals surface area contributed by atoms with Crippen LogP contribution < -0.4 is 5.32 Å². The summed E-state index contributed by atoms with van der Waals surface area (Å²) >= 11 is 18.7. The third-order valence-electron chi connectivity index (χ3n) is 4.66. The van der Waals surface area contributed by atoms with E-state index in [2.05, 4.69) is 20.7 Å². The van der Waals surface area contributed by atoms with Gasteiger partial charge in [-0.15, -0.1) is 0 Å². The first-order valence-electron chi connectivity index (χ1n) is 9.33. The maximum Gasteiger partial charge on any atom is 0.389 e. The molecule has 0 saturated carbocycles. The van der Waals surface area contributed by atoms with Crippen molar-refractivity contribution in [3.63, 3.8) is 0 Å². The molecule has 1 N–H and O–H groups in total. The molecule has 170 valence electrons. The Hall–Kier alpha value is -3.41. The molecule has 0 fully saturated rings. The Balaban J connectivity index is 1.53. The summed E-state index contributed by atoms with van der Waals surface area (Å²) in [7, 11) is 0. The van der Waals surface area contributed by atoms with Crippen molar-refractivity contribution in [2.45, 2.75) is 20.0 Å². The molecule has 1 amide bonds. The second kappa shape index (κ2) is 9.22. The number of hydrogen-bond donors (Lipinski definition) is 1. The Morgan fingerprint density at radius 2 is 1.79 bits per heavy atom. The number of hydrogen-bond acceptors (Lipinski definition) is 7. The van der Waals surface area contributed by atoms with Gasteiger partial charge in [-0.05, 0) is 24.0 Å². The molecule has 0 spiro atoms. The fourth-order valence-corrected chi connectivity index (χ4v) is 3.74. The van der Waals surface area contributed by atoms with Crippen molar-refractivity contribution in [3.05, 3.63) is 84.4 Å². The van der Waals surface area contributed by atoms with Crippen molar-refractivity contribution in [2.24, 2.45) is 0 Å². The standard InChI is InChI=1S/C19H14Cl3N7O4/c1-10-11(7-27-6-5-16(24-27)29(31)32)17(26-33-10)19(30)23-18-15(22)9-28(25-18)8-12-13(20)3-2-4-14(12)21/h2-6,9H,7-8H2,1H3,(H,23,25,30). The summed E-state index contributed by atoms with van der Waals surface area (Å²) in [5.74, 6) is -0.466. The maximum absolute atomic E-state index is 12.9. The monoisotopic (exact) mass is 509 g/mol. The molecule has 0 atom stereocenters. The number of amides is 1. The number of rotatable bonds is 7. The van der Waals surface area contributed by atoms with Gasteiger partial charge in [-0.1, -0.05) is 46.0 Å². The number of halogens is 3. The molecule has 0 unspecified atom stereocenters. The lowest BCUT2D eigenvalue weighted by molar-refractivity contribution is -0.389. The van der Waals surface area contributed by atoms with Crippen LogP contribution in [0.3, 0.4) is 0 Å². The van der Waals surface area contributed by atoms with E-state index >= 15 is 0 Å². The van der Waals surface area contributed by atoms with Crippen LogP contribution in [0.4, 0.5) is 11.6 Å². The van der Waals surface area contributed by atoms with Crippen LogP contribution in [-0.4, -0.2) is 35.5 Å². The van der Waals surface area contributed by atoms with Crippen LogP contribution in [0.2, 0.25) is 15.1 Å². The highest BCUT2D eigenvalue weighted by Gasteiger charge is 2.24. The SMILES string of the molecule is Cc1onc(C(=O)Nc2nn(Cc3c(Cl)cccc3Cl)cc2Cl)c1Cn1ccc([N+](=O)[O-])n1. The zero-order valence-electron chi connectivity index (χ0n) is 16.8. The second-order valence-corrected chi connectivity index (χ2v) is 8.09. The predicted octanol–water partition coefficient (Wildman–Crippen LogP) is 4.59. The molecular weight excluding hydrogens is 497 g/mol. The zero-order chi connectivity index (χ0) is 23.7. The number of nitrogens with one attached hydrogen (secondary N) is 1. The molecular formula is C19H14Cl3N7O4. The van der Waals surface area contributed by atoms with Crippen LogP contribution in [0.15, 0.2) is 41.2 Å². The van der Waals surface area contributed by atoms with Crippen LogP contribution in [0.1, 0.15) is 27.4 Å². The molecule has 4 aromatic rings. The molecule has 0 bridgehead atoms. The quantitative estimate of drug-likeness (QED) is 0.284. The number of benzene rings is 1. The van der Waals surface area contributed by atoms with Crippen molar-refractivity contribution >= 4 is 52.3 Å². The third-order valence-corrected chi connectivity index (χ3v) is 5.65. The molecule has 33 heavy (non-hydrogen) atoms. The van der Waals surface area contributed by atoms with Crippen LogP contribution in [0.25, 0.3) is 0 Å². The molecule has 3 aromatic heterocycles. The largest absolute Gasteiger partial charge is 0.389 e. The van der Waals surface area contributed by atoms with Crippen molar-refractivity contribution in [3.8, 4) is 0 Å². The van der Waals surface area contributed by atoms with Crippen molar-refractivity contribution in [1.29, 1.82) is 0 Å². The van der Waals surface area contributed by atoms with E-state index in [9.17, 15) is 14.9 Å². The van der Waals surface area contributed by atoms with E-state index in [0.29, 0.717) is 26.9 Å². The Morgan fingerprint density at radius 3 is 2.45 bits per heavy atom. The first kappa shape index (κ1) is 22.8. The number of aromatic nitrogens is 5. The van der Waals surface area contributed by atoms with E-state index in [1.54, 1.807) is 25.1 Å². The summed E-state index contributed by atoms with van der Waals surface area (Å²) in [5, 5.41) is 26.5. The third kappa shape index (κ3) is 4.85. The van der Waals surface area contributed by atoms with E-state index in [4.69, 9.17) is 39.3 Å². The summed E-state index contributed by atoms with van der Waals surface area (Å²) in [6.45, 7) is 1.89. The summed E-state index contributed by atoms with van der Waals surface area (Å²) in [4.78, 5) is 23.1. The summed E-state index contributed by atoms with van der Waals surface area (Å²) < 4.78 is 7.95. The van der Waals surface area contributed by atoms with Gasteiger partial charge in [-0.3, -0.25) is 9.48 Å². The first-order chi connectivity index (χ1) is 15.7. The molecule has 0 aliphatic carbocycles. The molecule has 4 rings (SSSR count). The van der Waals surface area contributed by atoms with E-state index in [0.717, 1.165) is 0 Å². The number of carbonyl (C=O) groups excluding carboxylic acids is 1. The van der Waals surface area contributed by atoms with Gasteiger partial charge in [0.1, 0.15) is 10.8 Å². The van der Waals surface area contributed by atoms with Gasteiger partial charge < -0.3 is 20.0 Å².